The van der Waals surface area contributed by atoms with Crippen LogP contribution in [0.4, 0.5) is 0 Å². The second-order valence-electron chi connectivity index (χ2n) is 5.94. The molecule has 8 heteroatoms. The molecule has 0 spiro atoms. The predicted octanol–water partition coefficient (Wildman–Crippen LogP) is 1.86. The lowest BCUT2D eigenvalue weighted by Crippen LogP contribution is -2.57. The molecular weight excluding hydrogens is 318 g/mol. The van der Waals surface area contributed by atoms with Crippen LogP contribution in [0.15, 0.2) is 0 Å². The zero-order valence-corrected chi connectivity index (χ0v) is 14.0. The van der Waals surface area contributed by atoms with Crippen LogP contribution in [0.2, 0.25) is 0 Å². The van der Waals surface area contributed by atoms with Gasteiger partial charge in [0, 0.05) is 0 Å². The summed E-state index contributed by atoms with van der Waals surface area (Å²) in [7, 11) is 0. The van der Waals surface area contributed by atoms with E-state index >= 15 is 0 Å². The summed E-state index contributed by atoms with van der Waals surface area (Å²) in [5.41, 5.74) is 1.80. The molecule has 1 unspecified atom stereocenters. The highest BCUT2D eigenvalue weighted by Gasteiger charge is 2.61. The van der Waals surface area contributed by atoms with Gasteiger partial charge in [0.05, 0.1) is 5.92 Å². The van der Waals surface area contributed by atoms with Gasteiger partial charge in [-0.15, -0.1) is 0 Å². The highest BCUT2D eigenvalue weighted by molar-refractivity contribution is 6.20. The normalized spacial score (nSPS) is 12.5. The number of hydrogen-bond donors (Lipinski definition) is 4. The van der Waals surface area contributed by atoms with Crippen molar-refractivity contribution in [2.24, 2.45) is 17.1 Å². The SMILES string of the molecule is CCCCCCCCCCC(C(=O)O)C(C(N)=O)(C(=O)O)C(=O)O. The van der Waals surface area contributed by atoms with Crippen LogP contribution in [0, 0.1) is 11.3 Å². The summed E-state index contributed by atoms with van der Waals surface area (Å²) in [6.45, 7) is 2.11. The van der Waals surface area contributed by atoms with E-state index in [9.17, 15) is 24.3 Å². The third-order valence-electron chi connectivity index (χ3n) is 4.23. The fourth-order valence-electron chi connectivity index (χ4n) is 2.78. The minimum Gasteiger partial charge on any atom is -0.481 e. The Kier molecular flexibility index (Phi) is 9.68. The minimum atomic E-state index is -3.15. The van der Waals surface area contributed by atoms with Crippen molar-refractivity contribution in [3.8, 4) is 0 Å². The number of rotatable bonds is 14. The Hall–Kier alpha value is -2.12. The second-order valence-corrected chi connectivity index (χ2v) is 5.94. The van der Waals surface area contributed by atoms with Gasteiger partial charge in [0.25, 0.3) is 5.41 Å². The van der Waals surface area contributed by atoms with Gasteiger partial charge in [-0.05, 0) is 6.42 Å². The maximum atomic E-state index is 11.5. The molecule has 0 radical (unpaired) electrons. The van der Waals surface area contributed by atoms with E-state index in [0.717, 1.165) is 32.1 Å². The van der Waals surface area contributed by atoms with Gasteiger partial charge >= 0.3 is 17.9 Å². The van der Waals surface area contributed by atoms with Crippen molar-refractivity contribution in [1.82, 2.24) is 0 Å². The van der Waals surface area contributed by atoms with Crippen LogP contribution in [-0.2, 0) is 19.2 Å². The van der Waals surface area contributed by atoms with Crippen molar-refractivity contribution < 1.29 is 34.5 Å². The van der Waals surface area contributed by atoms with Gasteiger partial charge in [-0.2, -0.15) is 0 Å². The summed E-state index contributed by atoms with van der Waals surface area (Å²) in [5.74, 6) is -9.31. The summed E-state index contributed by atoms with van der Waals surface area (Å²) in [5, 5.41) is 27.5. The predicted molar refractivity (Wildman–Crippen MR) is 85.3 cm³/mol. The molecule has 8 nitrogen and oxygen atoms in total. The zero-order valence-electron chi connectivity index (χ0n) is 14.0. The quantitative estimate of drug-likeness (QED) is 0.276. The smallest absolute Gasteiger partial charge is 0.331 e. The number of aliphatic carboxylic acids is 3. The van der Waals surface area contributed by atoms with Gasteiger partial charge in [0.2, 0.25) is 5.91 Å². The molecule has 0 aromatic heterocycles. The van der Waals surface area contributed by atoms with E-state index in [4.69, 9.17) is 15.9 Å². The highest BCUT2D eigenvalue weighted by atomic mass is 16.4. The first-order chi connectivity index (χ1) is 11.2. The van der Waals surface area contributed by atoms with Gasteiger partial charge in [0.1, 0.15) is 0 Å². The summed E-state index contributed by atoms with van der Waals surface area (Å²) in [6, 6.07) is 0. The Morgan fingerprint density at radius 3 is 1.58 bits per heavy atom. The van der Waals surface area contributed by atoms with E-state index in [1.165, 1.54) is 6.42 Å². The lowest BCUT2D eigenvalue weighted by molar-refractivity contribution is -0.179. The minimum absolute atomic E-state index is 0.230. The molecule has 5 N–H and O–H groups in total. The molecule has 0 heterocycles. The molecule has 0 aromatic carbocycles. The van der Waals surface area contributed by atoms with Gasteiger partial charge in [-0.3, -0.25) is 19.2 Å². The molecule has 0 rings (SSSR count). The van der Waals surface area contributed by atoms with E-state index < -0.39 is 35.1 Å². The molecule has 0 aliphatic carbocycles. The monoisotopic (exact) mass is 345 g/mol. The molecular formula is C16H27NO7. The third kappa shape index (κ3) is 5.50. The fraction of sp³-hybridized carbons (Fsp3) is 0.750. The zero-order chi connectivity index (χ0) is 18.8. The Labute approximate surface area is 141 Å². The number of primary amides is 1. The fourth-order valence-corrected chi connectivity index (χ4v) is 2.78. The van der Waals surface area contributed by atoms with Crippen molar-refractivity contribution in [1.29, 1.82) is 0 Å². The number of amides is 1. The van der Waals surface area contributed by atoms with E-state index in [0.29, 0.717) is 12.8 Å². The molecule has 0 fully saturated rings. The number of carbonyl (C=O) groups is 4. The first-order valence-corrected chi connectivity index (χ1v) is 8.22. The number of carboxylic acids is 3. The van der Waals surface area contributed by atoms with Gasteiger partial charge < -0.3 is 21.1 Å². The van der Waals surface area contributed by atoms with Crippen LogP contribution in [0.25, 0.3) is 0 Å². The van der Waals surface area contributed by atoms with E-state index in [1.54, 1.807) is 0 Å². The molecule has 0 aliphatic rings. The van der Waals surface area contributed by atoms with E-state index in [2.05, 4.69) is 6.92 Å². The van der Waals surface area contributed by atoms with Crippen LogP contribution in [0.3, 0.4) is 0 Å². The average Bonchev–Trinajstić information content (AvgIpc) is 2.47. The van der Waals surface area contributed by atoms with Crippen molar-refractivity contribution >= 4 is 23.8 Å². The standard InChI is InChI=1S/C16H27NO7/c1-2-3-4-5-6-7-8-9-10-11(12(18)19)16(13(17)20,14(21)22)15(23)24/h11H,2-10H2,1H3,(H2,17,20)(H,18,19)(H,21,22)(H,23,24). The van der Waals surface area contributed by atoms with Crippen LogP contribution in [-0.4, -0.2) is 39.1 Å². The number of carbonyl (C=O) groups excluding carboxylic acids is 1. The summed E-state index contributed by atoms with van der Waals surface area (Å²) >= 11 is 0. The first-order valence-electron chi connectivity index (χ1n) is 8.22. The van der Waals surface area contributed by atoms with Crippen molar-refractivity contribution in [2.45, 2.75) is 64.7 Å². The molecule has 1 atom stereocenters. The van der Waals surface area contributed by atoms with Crippen molar-refractivity contribution in [3.63, 3.8) is 0 Å². The maximum Gasteiger partial charge on any atom is 0.331 e. The first kappa shape index (κ1) is 21.9. The number of carboxylic acid groups (broad SMARTS) is 3. The molecule has 138 valence electrons. The van der Waals surface area contributed by atoms with Gasteiger partial charge in [-0.25, -0.2) is 0 Å². The van der Waals surface area contributed by atoms with E-state index in [-0.39, 0.29) is 6.42 Å². The van der Waals surface area contributed by atoms with Crippen molar-refractivity contribution in [2.75, 3.05) is 0 Å². The lowest BCUT2D eigenvalue weighted by atomic mass is 9.72. The Balaban J connectivity index is 4.79. The molecule has 1 amide bonds. The second kappa shape index (κ2) is 10.6. The van der Waals surface area contributed by atoms with Crippen LogP contribution < -0.4 is 5.73 Å². The summed E-state index contributed by atoms with van der Waals surface area (Å²) < 4.78 is 0. The Morgan fingerprint density at radius 2 is 1.25 bits per heavy atom. The van der Waals surface area contributed by atoms with Gasteiger partial charge in [0.15, 0.2) is 0 Å². The number of unbranched alkanes of at least 4 members (excludes halogenated alkanes) is 7. The Bertz CT molecular complexity index is 425. The topological polar surface area (TPSA) is 155 Å². The van der Waals surface area contributed by atoms with Gasteiger partial charge in [-0.1, -0.05) is 58.3 Å². The van der Waals surface area contributed by atoms with E-state index in [1.807, 2.05) is 0 Å². The van der Waals surface area contributed by atoms with Crippen molar-refractivity contribution in [3.05, 3.63) is 0 Å². The van der Waals surface area contributed by atoms with Crippen LogP contribution in [0.1, 0.15) is 64.7 Å². The Morgan fingerprint density at radius 1 is 0.833 bits per heavy atom. The number of nitrogens with two attached hydrogens (primary N) is 1. The molecule has 0 saturated carbocycles. The maximum absolute atomic E-state index is 11.5. The molecule has 0 aliphatic heterocycles. The summed E-state index contributed by atoms with van der Waals surface area (Å²) in [4.78, 5) is 45.5. The molecule has 24 heavy (non-hydrogen) atoms. The lowest BCUT2D eigenvalue weighted by Gasteiger charge is -2.27. The molecule has 0 saturated heterocycles. The summed E-state index contributed by atoms with van der Waals surface area (Å²) in [6.07, 6.45) is 7.08. The number of hydrogen-bond acceptors (Lipinski definition) is 4. The largest absolute Gasteiger partial charge is 0.481 e. The average molecular weight is 345 g/mol. The molecule has 0 aromatic rings. The van der Waals surface area contributed by atoms with Crippen LogP contribution >= 0.6 is 0 Å². The third-order valence-corrected chi connectivity index (χ3v) is 4.23. The highest BCUT2D eigenvalue weighted by Crippen LogP contribution is 2.33. The van der Waals surface area contributed by atoms with Crippen LogP contribution in [0.5, 0.6) is 0 Å². The molecule has 0 bridgehead atoms.